The topological polar surface area (TPSA) is 49.5 Å². The third-order valence-electron chi connectivity index (χ3n) is 3.90. The molecule has 5 nitrogen and oxygen atoms in total. The van der Waals surface area contributed by atoms with Crippen molar-refractivity contribution in [3.8, 4) is 0 Å². The minimum Gasteiger partial charge on any atom is -0.383 e. The maximum Gasteiger partial charge on any atom is 0.101 e. The Labute approximate surface area is 150 Å². The molecular formula is C20H26N4O. The lowest BCUT2D eigenvalue weighted by Crippen LogP contribution is -2.26. The summed E-state index contributed by atoms with van der Waals surface area (Å²) in [5, 5.41) is 0. The Kier molecular flexibility index (Phi) is 7.29. The van der Waals surface area contributed by atoms with Crippen LogP contribution in [-0.2, 0) is 4.74 Å². The van der Waals surface area contributed by atoms with Crippen molar-refractivity contribution in [3.63, 3.8) is 0 Å². The molecular weight excluding hydrogens is 312 g/mol. The van der Waals surface area contributed by atoms with Crippen LogP contribution in [0.5, 0.6) is 0 Å². The second kappa shape index (κ2) is 9.69. The van der Waals surface area contributed by atoms with Crippen molar-refractivity contribution in [1.82, 2.24) is 0 Å². The highest BCUT2D eigenvalue weighted by Crippen LogP contribution is 2.22. The second-order valence-corrected chi connectivity index (χ2v) is 5.46. The molecule has 0 amide bonds. The normalized spacial score (nSPS) is 17.0. The number of nitrogens with zero attached hydrogens (tertiary/aromatic N) is 4. The molecule has 0 aliphatic carbocycles. The number of ether oxygens (including phenoxy) is 1. The lowest BCUT2D eigenvalue weighted by atomic mass is 10.1. The van der Waals surface area contributed by atoms with Gasteiger partial charge in [-0.15, -0.1) is 0 Å². The lowest BCUT2D eigenvalue weighted by molar-refractivity contribution is 0.205. The molecule has 0 aromatic heterocycles. The van der Waals surface area contributed by atoms with Crippen molar-refractivity contribution < 1.29 is 4.74 Å². The molecule has 1 heterocycles. The highest BCUT2D eigenvalue weighted by molar-refractivity contribution is 6.67. The Morgan fingerprint density at radius 1 is 1.20 bits per heavy atom. The molecule has 0 N–H and O–H groups in total. The van der Waals surface area contributed by atoms with Gasteiger partial charge in [0.25, 0.3) is 0 Å². The number of hydrogen-bond acceptors (Lipinski definition) is 5. The van der Waals surface area contributed by atoms with E-state index in [0.29, 0.717) is 13.2 Å². The van der Waals surface area contributed by atoms with Crippen LogP contribution in [0.1, 0.15) is 19.4 Å². The van der Waals surface area contributed by atoms with Crippen LogP contribution < -0.4 is 4.90 Å². The van der Waals surface area contributed by atoms with Crippen LogP contribution in [0.25, 0.3) is 5.70 Å². The third-order valence-corrected chi connectivity index (χ3v) is 3.90. The van der Waals surface area contributed by atoms with Crippen LogP contribution in [0.2, 0.25) is 0 Å². The largest absolute Gasteiger partial charge is 0.383 e. The highest BCUT2D eigenvalue weighted by atomic mass is 16.5. The van der Waals surface area contributed by atoms with Gasteiger partial charge in [-0.1, -0.05) is 18.7 Å². The van der Waals surface area contributed by atoms with Crippen molar-refractivity contribution in [3.05, 3.63) is 48.7 Å². The van der Waals surface area contributed by atoms with Gasteiger partial charge in [-0.2, -0.15) is 0 Å². The van der Waals surface area contributed by atoms with Gasteiger partial charge in [-0.3, -0.25) is 15.0 Å². The first-order valence-electron chi connectivity index (χ1n) is 8.57. The van der Waals surface area contributed by atoms with Gasteiger partial charge in [-0.05, 0) is 32.1 Å². The Morgan fingerprint density at radius 3 is 2.56 bits per heavy atom. The van der Waals surface area contributed by atoms with Gasteiger partial charge in [0.05, 0.1) is 24.2 Å². The van der Waals surface area contributed by atoms with E-state index in [1.807, 2.05) is 13.0 Å². The molecule has 1 aliphatic rings. The van der Waals surface area contributed by atoms with Gasteiger partial charge in [0.1, 0.15) is 5.71 Å². The molecule has 0 radical (unpaired) electrons. The molecule has 2 rings (SSSR count). The fourth-order valence-corrected chi connectivity index (χ4v) is 2.60. The van der Waals surface area contributed by atoms with Crippen molar-refractivity contribution in [2.75, 3.05) is 38.3 Å². The van der Waals surface area contributed by atoms with Crippen LogP contribution in [0, 0.1) is 0 Å². The van der Waals surface area contributed by atoms with E-state index >= 15 is 0 Å². The van der Waals surface area contributed by atoms with Crippen LogP contribution in [0.15, 0.2) is 58.1 Å². The summed E-state index contributed by atoms with van der Waals surface area (Å²) in [4.78, 5) is 15.5. The number of benzene rings is 1. The predicted molar refractivity (Wildman–Crippen MR) is 108 cm³/mol. The number of anilines is 1. The molecule has 0 fully saturated rings. The van der Waals surface area contributed by atoms with E-state index in [0.717, 1.165) is 35.8 Å². The maximum atomic E-state index is 5.18. The first-order valence-corrected chi connectivity index (χ1v) is 8.57. The van der Waals surface area contributed by atoms with Gasteiger partial charge in [0.15, 0.2) is 0 Å². The summed E-state index contributed by atoms with van der Waals surface area (Å²) in [6.07, 6.45) is 5.26. The number of aliphatic imine (C=N–C) groups is 3. The van der Waals surface area contributed by atoms with E-state index in [-0.39, 0.29) is 0 Å². The van der Waals surface area contributed by atoms with Gasteiger partial charge in [-0.25, -0.2) is 0 Å². The molecule has 25 heavy (non-hydrogen) atoms. The number of hydrogen-bond donors (Lipinski definition) is 0. The zero-order valence-corrected chi connectivity index (χ0v) is 15.3. The fraction of sp³-hybridized carbons (Fsp3) is 0.350. The molecule has 0 atom stereocenters. The van der Waals surface area contributed by atoms with Crippen molar-refractivity contribution in [2.45, 2.75) is 13.8 Å². The lowest BCUT2D eigenvalue weighted by Gasteiger charge is -2.23. The van der Waals surface area contributed by atoms with Crippen LogP contribution >= 0.6 is 0 Å². The summed E-state index contributed by atoms with van der Waals surface area (Å²) in [7, 11) is 1.73. The molecule has 132 valence electrons. The first kappa shape index (κ1) is 18.8. The van der Waals surface area contributed by atoms with E-state index in [2.05, 4.69) is 57.6 Å². The molecule has 0 spiro atoms. The fourth-order valence-electron chi connectivity index (χ4n) is 2.60. The molecule has 0 bridgehead atoms. The van der Waals surface area contributed by atoms with Gasteiger partial charge in [0, 0.05) is 44.2 Å². The standard InChI is InChI=1S/C20H26N4O/c1-5-21-19-14-18(23-15-20(19)22-6-2)16-8-10-17(11-9-16)24(7-3)12-13-25-4/h5,8-11,14-15H,1,6-7,12-13H2,2-4H3/b21-19-,22-20-. The second-order valence-electron chi connectivity index (χ2n) is 5.46. The van der Waals surface area contributed by atoms with E-state index in [9.17, 15) is 0 Å². The summed E-state index contributed by atoms with van der Waals surface area (Å²) in [6, 6.07) is 8.40. The van der Waals surface area contributed by atoms with E-state index in [1.54, 1.807) is 13.3 Å². The zero-order valence-electron chi connectivity index (χ0n) is 15.3. The highest BCUT2D eigenvalue weighted by Gasteiger charge is 2.13. The summed E-state index contributed by atoms with van der Waals surface area (Å²) in [6.45, 7) is 11.0. The molecule has 1 aromatic carbocycles. The number of likely N-dealkylation sites (N-methyl/N-ethyl adjacent to an activating group) is 1. The van der Waals surface area contributed by atoms with Crippen molar-refractivity contribution in [1.29, 1.82) is 0 Å². The number of methoxy groups -OCH3 is 1. The first-order chi connectivity index (χ1) is 12.2. The Bertz CT molecular complexity index is 699. The summed E-state index contributed by atoms with van der Waals surface area (Å²) in [5.41, 5.74) is 4.69. The van der Waals surface area contributed by atoms with Gasteiger partial charge in [0.2, 0.25) is 0 Å². The number of allylic oxidation sites excluding steroid dienone is 1. The SMILES string of the molecule is C=C/N=C1/C=C(c2ccc(N(CC)CCOC)cc2)N=C/C1=N/CC. The van der Waals surface area contributed by atoms with Gasteiger partial charge >= 0.3 is 0 Å². The van der Waals surface area contributed by atoms with E-state index < -0.39 is 0 Å². The predicted octanol–water partition coefficient (Wildman–Crippen LogP) is 3.63. The molecule has 0 unspecified atom stereocenters. The summed E-state index contributed by atoms with van der Waals surface area (Å²) in [5.74, 6) is 0. The number of rotatable bonds is 8. The Balaban J connectivity index is 2.23. The summed E-state index contributed by atoms with van der Waals surface area (Å²) < 4.78 is 5.18. The molecule has 1 aliphatic heterocycles. The van der Waals surface area contributed by atoms with Crippen molar-refractivity contribution >= 4 is 29.0 Å². The van der Waals surface area contributed by atoms with Crippen LogP contribution in [-0.4, -0.2) is 51.0 Å². The van der Waals surface area contributed by atoms with E-state index in [4.69, 9.17) is 4.74 Å². The zero-order chi connectivity index (χ0) is 18.1. The van der Waals surface area contributed by atoms with Crippen LogP contribution in [0.3, 0.4) is 0 Å². The quantitative estimate of drug-likeness (QED) is 0.727. The maximum absolute atomic E-state index is 5.18. The smallest absolute Gasteiger partial charge is 0.101 e. The Morgan fingerprint density at radius 2 is 1.96 bits per heavy atom. The van der Waals surface area contributed by atoms with E-state index in [1.165, 1.54) is 11.9 Å². The molecule has 0 saturated heterocycles. The monoisotopic (exact) mass is 338 g/mol. The van der Waals surface area contributed by atoms with Gasteiger partial charge < -0.3 is 9.64 Å². The third kappa shape index (κ3) is 4.97. The minimum absolute atomic E-state index is 0.698. The average molecular weight is 338 g/mol. The van der Waals surface area contributed by atoms with Crippen molar-refractivity contribution in [2.24, 2.45) is 15.0 Å². The molecule has 0 saturated carbocycles. The van der Waals surface area contributed by atoms with Crippen LogP contribution in [0.4, 0.5) is 5.69 Å². The average Bonchev–Trinajstić information content (AvgIpc) is 2.65. The Hall–Kier alpha value is -2.53. The minimum atomic E-state index is 0.698. The summed E-state index contributed by atoms with van der Waals surface area (Å²) >= 11 is 0. The molecule has 1 aromatic rings. The molecule has 5 heteroatoms.